The number of hydrogen-bond acceptors (Lipinski definition) is 3. The third-order valence-corrected chi connectivity index (χ3v) is 4.92. The summed E-state index contributed by atoms with van der Waals surface area (Å²) in [6.45, 7) is 0. The van der Waals surface area contributed by atoms with Crippen molar-refractivity contribution < 1.29 is 8.42 Å². The first-order valence-corrected chi connectivity index (χ1v) is 7.35. The molecule has 0 atom stereocenters. The van der Waals surface area contributed by atoms with Crippen LogP contribution in [0, 0.1) is 0 Å². The lowest BCUT2D eigenvalue weighted by atomic mass is 9.89. The van der Waals surface area contributed by atoms with Crippen LogP contribution in [0.1, 0.15) is 12.8 Å². The largest absolute Gasteiger partial charge is 0.328 e. The summed E-state index contributed by atoms with van der Waals surface area (Å²) in [7, 11) is -3.62. The van der Waals surface area contributed by atoms with Crippen LogP contribution < -0.4 is 10.5 Å². The van der Waals surface area contributed by atoms with Crippen LogP contribution in [0.3, 0.4) is 0 Å². The molecule has 1 fully saturated rings. The average Bonchev–Trinajstić information content (AvgIpc) is 2.19. The number of nitrogens with one attached hydrogen (secondary N) is 1. The maximum atomic E-state index is 12.0. The first-order chi connectivity index (χ1) is 7.88. The molecule has 1 aromatic rings. The van der Waals surface area contributed by atoms with E-state index >= 15 is 0 Å². The molecule has 3 N–H and O–H groups in total. The molecule has 0 saturated heterocycles. The second-order valence-corrected chi connectivity index (χ2v) is 6.65. The monoisotopic (exact) mass is 294 g/mol. The fourth-order valence-corrected chi connectivity index (χ4v) is 3.75. The zero-order valence-corrected chi connectivity index (χ0v) is 11.2. The van der Waals surface area contributed by atoms with E-state index in [1.807, 2.05) is 0 Å². The fraction of sp³-hybridized carbons (Fsp3) is 0.400. The maximum absolute atomic E-state index is 12.0. The quantitative estimate of drug-likeness (QED) is 0.892. The van der Waals surface area contributed by atoms with Gasteiger partial charge in [0.2, 0.25) is 10.0 Å². The minimum absolute atomic E-state index is 0.00661. The van der Waals surface area contributed by atoms with Crippen LogP contribution in [0.15, 0.2) is 23.1 Å². The minimum atomic E-state index is -3.62. The van der Waals surface area contributed by atoms with Crippen LogP contribution in [0.5, 0.6) is 0 Å². The van der Waals surface area contributed by atoms with Crippen LogP contribution in [-0.4, -0.2) is 20.5 Å². The standard InChI is InChI=1S/C10H12Cl2N2O2S/c11-6-1-2-9(12)10(3-6)17(15,16)14-8-4-7(13)5-8/h1-3,7-8,14H,4-5,13H2. The fourth-order valence-electron chi connectivity index (χ4n) is 1.72. The Morgan fingerprint density at radius 1 is 1.29 bits per heavy atom. The SMILES string of the molecule is NC1CC(NS(=O)(=O)c2cc(Cl)ccc2Cl)C1. The van der Waals surface area contributed by atoms with Crippen molar-refractivity contribution in [2.75, 3.05) is 0 Å². The molecule has 0 heterocycles. The molecule has 1 aromatic carbocycles. The Kier molecular flexibility index (Phi) is 3.66. The number of hydrogen-bond donors (Lipinski definition) is 2. The number of halogens is 2. The Morgan fingerprint density at radius 2 is 1.94 bits per heavy atom. The number of sulfonamides is 1. The molecule has 0 amide bonds. The lowest BCUT2D eigenvalue weighted by Crippen LogP contribution is -2.50. The summed E-state index contributed by atoms with van der Waals surface area (Å²) in [5, 5.41) is 0.491. The molecule has 4 nitrogen and oxygen atoms in total. The Bertz CT molecular complexity index is 527. The highest BCUT2D eigenvalue weighted by molar-refractivity contribution is 7.89. The van der Waals surface area contributed by atoms with Gasteiger partial charge in [-0.25, -0.2) is 13.1 Å². The van der Waals surface area contributed by atoms with Gasteiger partial charge in [0.1, 0.15) is 4.90 Å². The molecule has 0 aromatic heterocycles. The van der Waals surface area contributed by atoms with Crippen molar-refractivity contribution in [1.29, 1.82) is 0 Å². The van der Waals surface area contributed by atoms with E-state index in [1.54, 1.807) is 6.07 Å². The van der Waals surface area contributed by atoms with Crippen molar-refractivity contribution in [3.63, 3.8) is 0 Å². The number of rotatable bonds is 3. The van der Waals surface area contributed by atoms with E-state index in [4.69, 9.17) is 28.9 Å². The van der Waals surface area contributed by atoms with E-state index < -0.39 is 10.0 Å². The van der Waals surface area contributed by atoms with Gasteiger partial charge < -0.3 is 5.73 Å². The zero-order valence-electron chi connectivity index (χ0n) is 8.86. The molecule has 1 aliphatic carbocycles. The van der Waals surface area contributed by atoms with E-state index in [0.717, 1.165) is 0 Å². The van der Waals surface area contributed by atoms with Gasteiger partial charge >= 0.3 is 0 Å². The molecule has 0 unspecified atom stereocenters. The van der Waals surface area contributed by atoms with Gasteiger partial charge in [0.15, 0.2) is 0 Å². The summed E-state index contributed by atoms with van der Waals surface area (Å²) in [6, 6.07) is 4.32. The molecular formula is C10H12Cl2N2O2S. The van der Waals surface area contributed by atoms with Gasteiger partial charge in [-0.05, 0) is 31.0 Å². The third-order valence-electron chi connectivity index (χ3n) is 2.68. The van der Waals surface area contributed by atoms with E-state index in [9.17, 15) is 8.42 Å². The predicted molar refractivity (Wildman–Crippen MR) is 67.8 cm³/mol. The molecule has 0 spiro atoms. The highest BCUT2D eigenvalue weighted by Gasteiger charge is 2.31. The molecule has 0 radical (unpaired) electrons. The second-order valence-electron chi connectivity index (χ2n) is 4.12. The average molecular weight is 295 g/mol. The van der Waals surface area contributed by atoms with Crippen molar-refractivity contribution in [1.82, 2.24) is 4.72 Å². The molecule has 94 valence electrons. The van der Waals surface area contributed by atoms with Gasteiger partial charge in [-0.1, -0.05) is 23.2 Å². The lowest BCUT2D eigenvalue weighted by Gasteiger charge is -2.32. The van der Waals surface area contributed by atoms with Gasteiger partial charge in [0.05, 0.1) is 5.02 Å². The predicted octanol–water partition coefficient (Wildman–Crippen LogP) is 1.76. The highest BCUT2D eigenvalue weighted by atomic mass is 35.5. The summed E-state index contributed by atoms with van der Waals surface area (Å²) in [5.41, 5.74) is 5.60. The maximum Gasteiger partial charge on any atom is 0.242 e. The number of nitrogens with two attached hydrogens (primary N) is 1. The molecule has 17 heavy (non-hydrogen) atoms. The first kappa shape index (κ1) is 13.1. The van der Waals surface area contributed by atoms with Crippen molar-refractivity contribution in [3.8, 4) is 0 Å². The molecule has 1 saturated carbocycles. The van der Waals surface area contributed by atoms with Crippen LogP contribution >= 0.6 is 23.2 Å². The zero-order chi connectivity index (χ0) is 12.6. The molecule has 2 rings (SSSR count). The summed E-state index contributed by atoms with van der Waals surface area (Å²) in [4.78, 5) is 0.00661. The molecule has 0 aliphatic heterocycles. The summed E-state index contributed by atoms with van der Waals surface area (Å²) in [5.74, 6) is 0. The molecule has 1 aliphatic rings. The van der Waals surface area contributed by atoms with E-state index in [2.05, 4.69) is 4.72 Å². The van der Waals surface area contributed by atoms with Crippen molar-refractivity contribution in [2.24, 2.45) is 5.73 Å². The Morgan fingerprint density at radius 3 is 2.53 bits per heavy atom. The van der Waals surface area contributed by atoms with E-state index in [-0.39, 0.29) is 22.0 Å². The Hall–Kier alpha value is -0.330. The smallest absolute Gasteiger partial charge is 0.242 e. The topological polar surface area (TPSA) is 72.2 Å². The van der Waals surface area contributed by atoms with Gasteiger partial charge in [0, 0.05) is 17.1 Å². The van der Waals surface area contributed by atoms with E-state index in [0.29, 0.717) is 17.9 Å². The van der Waals surface area contributed by atoms with Crippen molar-refractivity contribution in [3.05, 3.63) is 28.2 Å². The Labute approximate surface area is 110 Å². The first-order valence-electron chi connectivity index (χ1n) is 5.11. The van der Waals surface area contributed by atoms with Gasteiger partial charge in [-0.15, -0.1) is 0 Å². The van der Waals surface area contributed by atoms with Crippen LogP contribution in [0.4, 0.5) is 0 Å². The summed E-state index contributed by atoms with van der Waals surface area (Å²) < 4.78 is 26.6. The normalized spacial score (nSPS) is 24.4. The Balaban J connectivity index is 2.22. The number of benzene rings is 1. The lowest BCUT2D eigenvalue weighted by molar-refractivity contribution is 0.327. The second kappa shape index (κ2) is 4.74. The van der Waals surface area contributed by atoms with Crippen molar-refractivity contribution >= 4 is 33.2 Å². The van der Waals surface area contributed by atoms with Gasteiger partial charge in [-0.2, -0.15) is 0 Å². The summed E-state index contributed by atoms with van der Waals surface area (Å²) >= 11 is 11.6. The summed E-state index contributed by atoms with van der Waals surface area (Å²) in [6.07, 6.45) is 1.30. The van der Waals surface area contributed by atoms with Gasteiger partial charge in [0.25, 0.3) is 0 Å². The molecule has 7 heteroatoms. The highest BCUT2D eigenvalue weighted by Crippen LogP contribution is 2.27. The van der Waals surface area contributed by atoms with Crippen molar-refractivity contribution in [2.45, 2.75) is 29.8 Å². The third kappa shape index (κ3) is 2.92. The molecular weight excluding hydrogens is 283 g/mol. The van der Waals surface area contributed by atoms with E-state index in [1.165, 1.54) is 12.1 Å². The molecule has 0 bridgehead atoms. The van der Waals surface area contributed by atoms with Gasteiger partial charge in [-0.3, -0.25) is 0 Å². The van der Waals surface area contributed by atoms with Crippen LogP contribution in [0.25, 0.3) is 0 Å². The minimum Gasteiger partial charge on any atom is -0.328 e. The van der Waals surface area contributed by atoms with Crippen LogP contribution in [-0.2, 0) is 10.0 Å². The van der Waals surface area contributed by atoms with Crippen LogP contribution in [0.2, 0.25) is 10.0 Å².